The molecule has 2 heterocycles. The first-order chi connectivity index (χ1) is 25.4. The minimum atomic E-state index is -1.37. The summed E-state index contributed by atoms with van der Waals surface area (Å²) in [6.07, 6.45) is 3.88. The van der Waals surface area contributed by atoms with Gasteiger partial charge in [-0.3, -0.25) is 38.6 Å². The highest BCUT2D eigenvalue weighted by molar-refractivity contribution is 6.38. The van der Waals surface area contributed by atoms with E-state index in [9.17, 15) is 38.7 Å². The van der Waals surface area contributed by atoms with Crippen molar-refractivity contribution in [2.75, 3.05) is 19.6 Å². The van der Waals surface area contributed by atoms with E-state index in [0.717, 1.165) is 6.08 Å². The summed E-state index contributed by atoms with van der Waals surface area (Å²) in [6, 6.07) is 9.29. The van der Waals surface area contributed by atoms with Crippen molar-refractivity contribution < 1.29 is 38.7 Å². The van der Waals surface area contributed by atoms with Crippen LogP contribution in [0.3, 0.4) is 0 Å². The number of phenols is 1. The van der Waals surface area contributed by atoms with Crippen molar-refractivity contribution in [2.24, 2.45) is 16.5 Å². The molecule has 2 aromatic carbocycles. The predicted octanol–water partition coefficient (Wildman–Crippen LogP) is -1.95. The average molecular weight is 732 g/mol. The Kier molecular flexibility index (Phi) is 14.4. The van der Waals surface area contributed by atoms with E-state index in [4.69, 9.17) is 11.5 Å². The third-order valence-electron chi connectivity index (χ3n) is 8.79. The zero-order valence-corrected chi connectivity index (χ0v) is 29.0. The molecule has 2 aliphatic rings. The van der Waals surface area contributed by atoms with Crippen molar-refractivity contribution >= 4 is 47.7 Å². The van der Waals surface area contributed by atoms with Crippen molar-refractivity contribution in [2.45, 2.75) is 68.7 Å². The summed E-state index contributed by atoms with van der Waals surface area (Å²) >= 11 is 0. The smallest absolute Gasteiger partial charge is 0.290 e. The van der Waals surface area contributed by atoms with Gasteiger partial charge in [-0.05, 0) is 55.4 Å². The highest BCUT2D eigenvalue weighted by Gasteiger charge is 2.39. The van der Waals surface area contributed by atoms with Crippen molar-refractivity contribution in [1.82, 2.24) is 31.5 Å². The Morgan fingerprint density at radius 3 is 2.32 bits per heavy atom. The first-order valence-corrected chi connectivity index (χ1v) is 17.2. The van der Waals surface area contributed by atoms with Crippen LogP contribution in [0, 0.1) is 0 Å². The van der Waals surface area contributed by atoms with Crippen LogP contribution in [-0.2, 0) is 46.4 Å². The molecule has 2 aromatic rings. The van der Waals surface area contributed by atoms with Gasteiger partial charge in [-0.1, -0.05) is 48.5 Å². The third kappa shape index (κ3) is 11.9. The van der Waals surface area contributed by atoms with Crippen LogP contribution in [0.1, 0.15) is 36.8 Å². The van der Waals surface area contributed by atoms with Gasteiger partial charge in [0.05, 0.1) is 12.1 Å². The summed E-state index contributed by atoms with van der Waals surface area (Å²) in [7, 11) is 0. The van der Waals surface area contributed by atoms with E-state index in [1.165, 1.54) is 23.1 Å². The quantitative estimate of drug-likeness (QED) is 0.0440. The van der Waals surface area contributed by atoms with Crippen LogP contribution in [0.15, 0.2) is 71.7 Å². The van der Waals surface area contributed by atoms with Crippen LogP contribution in [0.2, 0.25) is 0 Å². The Morgan fingerprint density at radius 1 is 0.906 bits per heavy atom. The fraction of sp³-hybridized carbons (Fsp3) is 0.389. The lowest BCUT2D eigenvalue weighted by Gasteiger charge is -2.29. The number of aliphatic imine (C=N–C) groups is 1. The number of Topliss-reactive ketones (excluding diaryl/α,β-unsaturated/α-hetero) is 1. The molecule has 0 aliphatic carbocycles. The number of hydrogen-bond acceptors (Lipinski definition) is 9. The lowest BCUT2D eigenvalue weighted by molar-refractivity contribution is -0.143. The number of hydrogen-bond donors (Lipinski definition) is 8. The molecular formula is C36H45N9O8. The highest BCUT2D eigenvalue weighted by atomic mass is 16.3. The van der Waals surface area contributed by atoms with Gasteiger partial charge in [0.1, 0.15) is 23.9 Å². The number of amides is 6. The zero-order chi connectivity index (χ0) is 38.3. The molecular weight excluding hydrogens is 686 g/mol. The second kappa shape index (κ2) is 19.4. The molecule has 10 N–H and O–H groups in total. The Morgan fingerprint density at radius 2 is 1.62 bits per heavy atom. The van der Waals surface area contributed by atoms with Crippen LogP contribution in [-0.4, -0.2) is 108 Å². The minimum absolute atomic E-state index is 0.00634. The predicted molar refractivity (Wildman–Crippen MR) is 193 cm³/mol. The van der Waals surface area contributed by atoms with Crippen molar-refractivity contribution in [1.29, 1.82) is 0 Å². The van der Waals surface area contributed by atoms with Crippen molar-refractivity contribution in [3.63, 3.8) is 0 Å². The van der Waals surface area contributed by atoms with E-state index in [1.807, 2.05) is 0 Å². The molecule has 5 atom stereocenters. The van der Waals surface area contributed by atoms with E-state index >= 15 is 0 Å². The number of nitrogens with one attached hydrogen (secondary N) is 5. The molecule has 2 unspecified atom stereocenters. The topological polar surface area (TPSA) is 268 Å². The monoisotopic (exact) mass is 731 g/mol. The van der Waals surface area contributed by atoms with E-state index < -0.39 is 65.5 Å². The maximum absolute atomic E-state index is 13.9. The van der Waals surface area contributed by atoms with E-state index in [2.05, 4.69) is 31.6 Å². The molecule has 1 fully saturated rings. The van der Waals surface area contributed by atoms with Crippen LogP contribution >= 0.6 is 0 Å². The van der Waals surface area contributed by atoms with Crippen LogP contribution in [0.5, 0.6) is 5.75 Å². The van der Waals surface area contributed by atoms with Gasteiger partial charge in [0, 0.05) is 32.1 Å². The number of rotatable bonds is 10. The van der Waals surface area contributed by atoms with Crippen molar-refractivity contribution in [3.05, 3.63) is 77.9 Å². The van der Waals surface area contributed by atoms with Gasteiger partial charge < -0.3 is 48.1 Å². The lowest BCUT2D eigenvalue weighted by Crippen LogP contribution is -2.58. The first-order valence-electron chi connectivity index (χ1n) is 17.2. The molecule has 53 heavy (non-hydrogen) atoms. The molecule has 17 nitrogen and oxygen atoms in total. The number of phenolic OH excluding ortho intramolecular Hbond substituents is 1. The Hall–Kier alpha value is -6.26. The largest absolute Gasteiger partial charge is 0.508 e. The normalized spacial score (nSPS) is 23.2. The SMILES string of the molecule is NC(N)=NCCCC1NC(=O)[C@@H]2CCCN2C(=O)[C@@H](NC=O)CNC(=O)C=CC(Cc2ccc(O)cc2)NC(=O)[C@@H](Cc2ccccc2)NC(=O)C1=O. The number of fused-ring (bicyclic) bond motifs is 1. The summed E-state index contributed by atoms with van der Waals surface area (Å²) in [6.45, 7) is -0.0548. The van der Waals surface area contributed by atoms with Crippen LogP contribution < -0.4 is 38.1 Å². The minimum Gasteiger partial charge on any atom is -0.508 e. The summed E-state index contributed by atoms with van der Waals surface area (Å²) < 4.78 is 0. The molecule has 0 bridgehead atoms. The van der Waals surface area contributed by atoms with E-state index in [-0.39, 0.29) is 63.4 Å². The van der Waals surface area contributed by atoms with Crippen molar-refractivity contribution in [3.8, 4) is 5.75 Å². The van der Waals surface area contributed by atoms with Gasteiger partial charge in [0.15, 0.2) is 5.96 Å². The van der Waals surface area contributed by atoms with Gasteiger partial charge in [0.25, 0.3) is 5.91 Å². The van der Waals surface area contributed by atoms with Gasteiger partial charge in [-0.2, -0.15) is 0 Å². The average Bonchev–Trinajstić information content (AvgIpc) is 3.64. The van der Waals surface area contributed by atoms with Gasteiger partial charge in [-0.15, -0.1) is 0 Å². The fourth-order valence-electron chi connectivity index (χ4n) is 6.09. The molecule has 4 rings (SSSR count). The molecule has 282 valence electrons. The summed E-state index contributed by atoms with van der Waals surface area (Å²) in [5, 5.41) is 22.7. The van der Waals surface area contributed by atoms with Gasteiger partial charge in [-0.25, -0.2) is 0 Å². The second-order valence-electron chi connectivity index (χ2n) is 12.7. The highest BCUT2D eigenvalue weighted by Crippen LogP contribution is 2.20. The number of benzene rings is 2. The number of aromatic hydroxyl groups is 1. The molecule has 6 amide bonds. The molecule has 1 saturated heterocycles. The molecule has 2 aliphatic heterocycles. The summed E-state index contributed by atoms with van der Waals surface area (Å²) in [4.78, 5) is 98.2. The Balaban J connectivity index is 1.71. The number of ketones is 1. The van der Waals surface area contributed by atoms with Crippen LogP contribution in [0.25, 0.3) is 0 Å². The lowest BCUT2D eigenvalue weighted by atomic mass is 10.0. The van der Waals surface area contributed by atoms with Gasteiger partial charge in [0.2, 0.25) is 35.8 Å². The van der Waals surface area contributed by atoms with Gasteiger partial charge >= 0.3 is 0 Å². The standard InChI is InChI=1S/C36H45N9O8/c37-36(38)39-16-4-8-26-31(49)34(52)44-27(19-22-6-2-1-3-7-22)32(50)42-24(18-23-10-13-25(47)14-11-23)12-15-30(48)40-20-28(41-21-46)35(53)45-17-5-9-29(45)33(51)43-26/h1-3,6-7,10-15,21,24,26-29,47H,4-5,8-9,16-20H2,(H,40,48)(H,41,46)(H,42,50)(H,43,51)(H,44,52)(H4,37,38,39)/t24?,26?,27-,28+,29+/m1/s1. The third-order valence-corrected chi connectivity index (χ3v) is 8.79. The number of nitrogens with zero attached hydrogens (tertiary/aromatic N) is 2. The van der Waals surface area contributed by atoms with E-state index in [1.54, 1.807) is 42.5 Å². The summed E-state index contributed by atoms with van der Waals surface area (Å²) in [5.74, 6) is -4.95. The molecule has 0 saturated carbocycles. The number of guanidine groups is 1. The summed E-state index contributed by atoms with van der Waals surface area (Å²) in [5.41, 5.74) is 12.2. The Bertz CT molecular complexity index is 1700. The van der Waals surface area contributed by atoms with E-state index in [0.29, 0.717) is 24.0 Å². The number of carbonyl (C=O) groups excluding carboxylic acids is 7. The first kappa shape index (κ1) is 39.5. The second-order valence-corrected chi connectivity index (χ2v) is 12.7. The number of carbonyl (C=O) groups is 7. The molecule has 0 radical (unpaired) electrons. The molecule has 0 spiro atoms. The molecule has 17 heteroatoms. The number of nitrogens with two attached hydrogens (primary N) is 2. The molecule has 0 aromatic heterocycles. The Labute approximate surface area is 306 Å². The fourth-order valence-corrected chi connectivity index (χ4v) is 6.09. The maximum Gasteiger partial charge on any atom is 0.290 e. The zero-order valence-electron chi connectivity index (χ0n) is 29.0. The van der Waals surface area contributed by atoms with Crippen LogP contribution in [0.4, 0.5) is 0 Å². The maximum atomic E-state index is 13.9.